The van der Waals surface area contributed by atoms with E-state index in [0.717, 1.165) is 6.07 Å². The lowest BCUT2D eigenvalue weighted by molar-refractivity contribution is -0.137. The molecule has 1 heterocycles. The number of nitrogens with two attached hydrogens (primary N) is 2. The van der Waals surface area contributed by atoms with Crippen molar-refractivity contribution in [2.45, 2.75) is 6.18 Å². The summed E-state index contributed by atoms with van der Waals surface area (Å²) < 4.78 is 39.9. The fourth-order valence-corrected chi connectivity index (χ4v) is 2.38. The smallest absolute Gasteiger partial charge is 0.401 e. The molecule has 0 unspecified atom stereocenters. The van der Waals surface area contributed by atoms with Gasteiger partial charge >= 0.3 is 6.18 Å². The van der Waals surface area contributed by atoms with Crippen LogP contribution in [0, 0.1) is 0 Å². The van der Waals surface area contributed by atoms with Crippen LogP contribution in [0.1, 0.15) is 5.56 Å². The fraction of sp³-hybridized carbons (Fsp3) is 0.231. The van der Waals surface area contributed by atoms with Gasteiger partial charge in [-0.1, -0.05) is 15.9 Å². The molecule has 4 N–H and O–H groups in total. The summed E-state index contributed by atoms with van der Waals surface area (Å²) >= 11 is 3.06. The van der Waals surface area contributed by atoms with E-state index in [1.807, 2.05) is 0 Å². The van der Waals surface area contributed by atoms with Gasteiger partial charge in [0.15, 0.2) is 0 Å². The SMILES string of the molecule is NCC1=CC=C(N)CN1c1ccc(Br)cc1C(F)(F)F. The van der Waals surface area contributed by atoms with E-state index in [1.165, 1.54) is 11.0 Å². The molecule has 0 radical (unpaired) electrons. The predicted octanol–water partition coefficient (Wildman–Crippen LogP) is 2.97. The number of alkyl halides is 3. The van der Waals surface area contributed by atoms with Crippen LogP contribution in [0.2, 0.25) is 0 Å². The maximum Gasteiger partial charge on any atom is 0.418 e. The summed E-state index contributed by atoms with van der Waals surface area (Å²) in [6, 6.07) is 4.03. The van der Waals surface area contributed by atoms with E-state index in [-0.39, 0.29) is 18.8 Å². The fourth-order valence-electron chi connectivity index (χ4n) is 2.02. The van der Waals surface area contributed by atoms with E-state index in [2.05, 4.69) is 15.9 Å². The van der Waals surface area contributed by atoms with Gasteiger partial charge in [-0.2, -0.15) is 13.2 Å². The molecule has 3 nitrogen and oxygen atoms in total. The van der Waals surface area contributed by atoms with E-state index in [9.17, 15) is 13.2 Å². The highest BCUT2D eigenvalue weighted by atomic mass is 79.9. The minimum absolute atomic E-state index is 0.0495. The number of hydrogen-bond donors (Lipinski definition) is 2. The minimum atomic E-state index is -4.45. The average molecular weight is 348 g/mol. The molecule has 0 saturated carbocycles. The maximum absolute atomic E-state index is 13.2. The second-order valence-corrected chi connectivity index (χ2v) is 5.26. The van der Waals surface area contributed by atoms with Crippen molar-refractivity contribution in [3.05, 3.63) is 51.8 Å². The molecule has 7 heteroatoms. The minimum Gasteiger partial charge on any atom is -0.401 e. The lowest BCUT2D eigenvalue weighted by atomic mass is 10.1. The lowest BCUT2D eigenvalue weighted by Crippen LogP contribution is -2.34. The molecular formula is C13H13BrF3N3. The van der Waals surface area contributed by atoms with Gasteiger partial charge in [0, 0.05) is 22.4 Å². The topological polar surface area (TPSA) is 55.3 Å². The molecule has 0 saturated heterocycles. The molecule has 2 rings (SSSR count). The van der Waals surface area contributed by atoms with Gasteiger partial charge in [0.05, 0.1) is 17.8 Å². The third kappa shape index (κ3) is 2.99. The molecule has 1 aliphatic heterocycles. The zero-order chi connectivity index (χ0) is 14.9. The van der Waals surface area contributed by atoms with Crippen LogP contribution < -0.4 is 16.4 Å². The van der Waals surface area contributed by atoms with Crippen molar-refractivity contribution in [1.82, 2.24) is 0 Å². The molecule has 0 aliphatic carbocycles. The number of allylic oxidation sites excluding steroid dienone is 2. The molecule has 1 aromatic carbocycles. The van der Waals surface area contributed by atoms with Gasteiger partial charge in [-0.25, -0.2) is 0 Å². The first-order valence-corrected chi connectivity index (χ1v) is 6.62. The Bertz CT molecular complexity index is 579. The van der Waals surface area contributed by atoms with Crippen LogP contribution in [0.3, 0.4) is 0 Å². The average Bonchev–Trinajstić information content (AvgIpc) is 2.37. The van der Waals surface area contributed by atoms with E-state index in [4.69, 9.17) is 11.5 Å². The van der Waals surface area contributed by atoms with E-state index < -0.39 is 11.7 Å². The van der Waals surface area contributed by atoms with E-state index >= 15 is 0 Å². The van der Waals surface area contributed by atoms with Gasteiger partial charge in [0.25, 0.3) is 0 Å². The van der Waals surface area contributed by atoms with Crippen LogP contribution in [-0.4, -0.2) is 13.1 Å². The summed E-state index contributed by atoms with van der Waals surface area (Å²) in [5, 5.41) is 0. The summed E-state index contributed by atoms with van der Waals surface area (Å²) in [6.45, 7) is 0.324. The molecule has 1 aromatic rings. The number of halogens is 4. The summed E-state index contributed by atoms with van der Waals surface area (Å²) in [4.78, 5) is 1.49. The molecule has 0 spiro atoms. The first kappa shape index (κ1) is 14.9. The second-order valence-electron chi connectivity index (χ2n) is 4.35. The molecular weight excluding hydrogens is 335 g/mol. The molecule has 0 fully saturated rings. The summed E-state index contributed by atoms with van der Waals surface area (Å²) in [5.41, 5.74) is 11.7. The van der Waals surface area contributed by atoms with Crippen LogP contribution >= 0.6 is 15.9 Å². The van der Waals surface area contributed by atoms with Crippen molar-refractivity contribution in [3.8, 4) is 0 Å². The number of benzene rings is 1. The number of nitrogens with zero attached hydrogens (tertiary/aromatic N) is 1. The van der Waals surface area contributed by atoms with Gasteiger partial charge in [-0.3, -0.25) is 0 Å². The monoisotopic (exact) mass is 347 g/mol. The highest BCUT2D eigenvalue weighted by Crippen LogP contribution is 2.39. The first-order chi connectivity index (χ1) is 9.32. The van der Waals surface area contributed by atoms with Gasteiger partial charge in [-0.05, 0) is 30.4 Å². The molecule has 1 aliphatic rings. The molecule has 108 valence electrons. The van der Waals surface area contributed by atoms with E-state index in [1.54, 1.807) is 18.2 Å². The normalized spacial score (nSPS) is 15.9. The Balaban J connectivity index is 2.53. The van der Waals surface area contributed by atoms with Gasteiger partial charge in [0.2, 0.25) is 0 Å². The molecule has 0 atom stereocenters. The zero-order valence-electron chi connectivity index (χ0n) is 10.4. The highest BCUT2D eigenvalue weighted by molar-refractivity contribution is 9.10. The first-order valence-electron chi connectivity index (χ1n) is 5.82. The molecule has 0 amide bonds. The Morgan fingerprint density at radius 1 is 1.25 bits per heavy atom. The Morgan fingerprint density at radius 3 is 2.55 bits per heavy atom. The van der Waals surface area contributed by atoms with Crippen molar-refractivity contribution < 1.29 is 13.2 Å². The van der Waals surface area contributed by atoms with Crippen LogP contribution in [0.25, 0.3) is 0 Å². The Morgan fingerprint density at radius 2 is 1.95 bits per heavy atom. The summed E-state index contributed by atoms with van der Waals surface area (Å²) in [5.74, 6) is 0. The molecule has 20 heavy (non-hydrogen) atoms. The third-order valence-corrected chi connectivity index (χ3v) is 3.43. The maximum atomic E-state index is 13.2. The second kappa shape index (κ2) is 5.49. The van der Waals surface area contributed by atoms with Crippen molar-refractivity contribution in [1.29, 1.82) is 0 Å². The Labute approximate surface area is 122 Å². The summed E-state index contributed by atoms with van der Waals surface area (Å²) in [6.07, 6.45) is -1.15. The van der Waals surface area contributed by atoms with E-state index in [0.29, 0.717) is 15.9 Å². The van der Waals surface area contributed by atoms with Gasteiger partial charge < -0.3 is 16.4 Å². The van der Waals surface area contributed by atoms with Gasteiger partial charge in [0.1, 0.15) is 0 Å². The van der Waals surface area contributed by atoms with Crippen LogP contribution in [-0.2, 0) is 6.18 Å². The third-order valence-electron chi connectivity index (χ3n) is 2.94. The highest BCUT2D eigenvalue weighted by Gasteiger charge is 2.36. The lowest BCUT2D eigenvalue weighted by Gasteiger charge is -2.31. The van der Waals surface area contributed by atoms with Crippen molar-refractivity contribution >= 4 is 21.6 Å². The summed E-state index contributed by atoms with van der Waals surface area (Å²) in [7, 11) is 0. The van der Waals surface area contributed by atoms with Gasteiger partial charge in [-0.15, -0.1) is 0 Å². The van der Waals surface area contributed by atoms with Crippen molar-refractivity contribution in [2.75, 3.05) is 18.0 Å². The number of hydrogen-bond acceptors (Lipinski definition) is 3. The zero-order valence-corrected chi connectivity index (χ0v) is 12.0. The quantitative estimate of drug-likeness (QED) is 0.864. The standard InChI is InChI=1S/C13H13BrF3N3/c14-8-1-4-12(11(5-8)13(15,16)17)20-7-9(19)2-3-10(20)6-18/h1-5H,6-7,18-19H2. The van der Waals surface area contributed by atoms with Crippen molar-refractivity contribution in [2.24, 2.45) is 11.5 Å². The van der Waals surface area contributed by atoms with Crippen LogP contribution in [0.5, 0.6) is 0 Å². The Hall–Kier alpha value is -1.47. The molecule has 0 bridgehead atoms. The molecule has 0 aromatic heterocycles. The van der Waals surface area contributed by atoms with Crippen molar-refractivity contribution in [3.63, 3.8) is 0 Å². The van der Waals surface area contributed by atoms with Crippen LogP contribution in [0.4, 0.5) is 18.9 Å². The van der Waals surface area contributed by atoms with Crippen LogP contribution in [0.15, 0.2) is 46.2 Å². The number of rotatable bonds is 2. The number of anilines is 1. The largest absolute Gasteiger partial charge is 0.418 e. The Kier molecular flexibility index (Phi) is 4.10. The predicted molar refractivity (Wildman–Crippen MR) is 75.9 cm³/mol.